The second kappa shape index (κ2) is 21.7. The van der Waals surface area contributed by atoms with E-state index in [9.17, 15) is 0 Å². The van der Waals surface area contributed by atoms with Gasteiger partial charge in [0.1, 0.15) is 0 Å². The topological polar surface area (TPSA) is 3.24 Å². The van der Waals surface area contributed by atoms with Gasteiger partial charge in [-0.3, -0.25) is 0 Å². The van der Waals surface area contributed by atoms with Crippen LogP contribution in [0, 0.1) is 0 Å². The fourth-order valence-corrected chi connectivity index (χ4v) is 3.55. The molecule has 0 N–H and O–H groups in total. The molecular weight excluding hydrogens is 302 g/mol. The first-order valence-corrected chi connectivity index (χ1v) is 11.7. The Morgan fingerprint density at radius 3 is 1.36 bits per heavy atom. The molecule has 1 heteroatoms. The molecule has 0 saturated heterocycles. The number of unbranched alkanes of at least 4 members (excludes halogenated alkanes) is 12. The molecule has 0 spiro atoms. The third-order valence-electron chi connectivity index (χ3n) is 5.07. The van der Waals surface area contributed by atoms with Gasteiger partial charge in [-0.25, -0.2) is 0 Å². The lowest BCUT2D eigenvalue weighted by molar-refractivity contribution is 0.267. The van der Waals surface area contributed by atoms with E-state index in [-0.39, 0.29) is 0 Å². The van der Waals surface area contributed by atoms with Crippen molar-refractivity contribution in [1.82, 2.24) is 4.90 Å². The Kier molecular flexibility index (Phi) is 21.5. The van der Waals surface area contributed by atoms with Crippen LogP contribution >= 0.6 is 0 Å². The minimum Gasteiger partial charge on any atom is -0.303 e. The quantitative estimate of drug-likeness (QED) is 0.158. The third-order valence-corrected chi connectivity index (χ3v) is 5.07. The highest BCUT2D eigenvalue weighted by Crippen LogP contribution is 2.10. The predicted molar refractivity (Wildman–Crippen MR) is 116 cm³/mol. The maximum absolute atomic E-state index is 2.65. The molecule has 0 unspecified atom stereocenters. The summed E-state index contributed by atoms with van der Waals surface area (Å²) in [6, 6.07) is 0. The second-order valence-electron chi connectivity index (χ2n) is 7.78. The van der Waals surface area contributed by atoms with Crippen molar-refractivity contribution in [2.75, 3.05) is 19.6 Å². The van der Waals surface area contributed by atoms with Crippen molar-refractivity contribution in [3.05, 3.63) is 12.2 Å². The van der Waals surface area contributed by atoms with Gasteiger partial charge in [-0.2, -0.15) is 0 Å². The lowest BCUT2D eigenvalue weighted by Gasteiger charge is -2.20. The first-order valence-electron chi connectivity index (χ1n) is 11.7. The molecule has 0 bridgehead atoms. The smallest absolute Gasteiger partial charge is 0.00187 e. The third kappa shape index (κ3) is 19.9. The summed E-state index contributed by atoms with van der Waals surface area (Å²) in [5.74, 6) is 0. The minimum absolute atomic E-state index is 1.29. The highest BCUT2D eigenvalue weighted by molar-refractivity contribution is 4.81. The average molecular weight is 352 g/mol. The van der Waals surface area contributed by atoms with E-state index in [0.29, 0.717) is 0 Å². The molecular formula is C24H49N. The molecule has 0 fully saturated rings. The fourth-order valence-electron chi connectivity index (χ4n) is 3.55. The Bertz CT molecular complexity index is 253. The van der Waals surface area contributed by atoms with Crippen LogP contribution in [0.25, 0.3) is 0 Å². The predicted octanol–water partition coefficient (Wildman–Crippen LogP) is 8.15. The van der Waals surface area contributed by atoms with Gasteiger partial charge in [0.05, 0.1) is 0 Å². The van der Waals surface area contributed by atoms with Crippen LogP contribution < -0.4 is 0 Å². The zero-order valence-corrected chi connectivity index (χ0v) is 18.0. The first-order chi connectivity index (χ1) is 12.3. The number of hydrogen-bond donors (Lipinski definition) is 0. The van der Waals surface area contributed by atoms with Crippen LogP contribution in [-0.4, -0.2) is 24.5 Å². The van der Waals surface area contributed by atoms with E-state index in [0.717, 1.165) is 0 Å². The highest BCUT2D eigenvalue weighted by atomic mass is 15.1. The Labute approximate surface area is 160 Å². The van der Waals surface area contributed by atoms with Crippen LogP contribution in [0.4, 0.5) is 0 Å². The molecule has 0 rings (SSSR count). The Balaban J connectivity index is 3.23. The van der Waals surface area contributed by atoms with Crippen LogP contribution in [-0.2, 0) is 0 Å². The van der Waals surface area contributed by atoms with Gasteiger partial charge in [-0.1, -0.05) is 90.7 Å². The Morgan fingerprint density at radius 1 is 0.440 bits per heavy atom. The van der Waals surface area contributed by atoms with Crippen LogP contribution in [0.1, 0.15) is 124 Å². The molecule has 0 aromatic carbocycles. The molecule has 0 aromatic heterocycles. The van der Waals surface area contributed by atoms with Crippen molar-refractivity contribution < 1.29 is 0 Å². The number of allylic oxidation sites excluding steroid dienone is 2. The van der Waals surface area contributed by atoms with E-state index in [2.05, 4.69) is 37.8 Å². The monoisotopic (exact) mass is 351 g/mol. The fraction of sp³-hybridized carbons (Fsp3) is 0.917. The summed E-state index contributed by atoms with van der Waals surface area (Å²) in [6.07, 6.45) is 27.1. The van der Waals surface area contributed by atoms with E-state index in [1.807, 2.05) is 0 Å². The van der Waals surface area contributed by atoms with Crippen LogP contribution in [0.2, 0.25) is 0 Å². The van der Waals surface area contributed by atoms with E-state index in [1.165, 1.54) is 122 Å². The molecule has 0 aliphatic carbocycles. The highest BCUT2D eigenvalue weighted by Gasteiger charge is 2.01. The minimum atomic E-state index is 1.29. The van der Waals surface area contributed by atoms with Gasteiger partial charge < -0.3 is 4.90 Å². The zero-order valence-electron chi connectivity index (χ0n) is 18.0. The van der Waals surface area contributed by atoms with Crippen LogP contribution in [0.15, 0.2) is 12.2 Å². The summed E-state index contributed by atoms with van der Waals surface area (Å²) in [6.45, 7) is 10.8. The summed E-state index contributed by atoms with van der Waals surface area (Å²) in [7, 11) is 0. The van der Waals surface area contributed by atoms with Gasteiger partial charge in [0, 0.05) is 0 Å². The van der Waals surface area contributed by atoms with Gasteiger partial charge in [0.25, 0.3) is 0 Å². The van der Waals surface area contributed by atoms with E-state index in [1.54, 1.807) is 0 Å². The van der Waals surface area contributed by atoms with Gasteiger partial charge in [0.15, 0.2) is 0 Å². The van der Waals surface area contributed by atoms with Crippen molar-refractivity contribution in [1.29, 1.82) is 0 Å². The molecule has 0 heterocycles. The number of hydrogen-bond acceptors (Lipinski definition) is 1. The standard InChI is InChI=1S/C24H49N/c1-4-7-8-9-10-11-12-13-14-15-16-17-18-19-20-21-24-25(22-5-2)23-6-3/h13-14H,4-12,15-24H2,1-3H3/b14-13-. The van der Waals surface area contributed by atoms with Crippen molar-refractivity contribution in [3.8, 4) is 0 Å². The Hall–Kier alpha value is -0.300. The summed E-state index contributed by atoms with van der Waals surface area (Å²) in [5.41, 5.74) is 0. The lowest BCUT2D eigenvalue weighted by Crippen LogP contribution is -2.26. The van der Waals surface area contributed by atoms with Gasteiger partial charge in [0.2, 0.25) is 0 Å². The van der Waals surface area contributed by atoms with Crippen molar-refractivity contribution in [3.63, 3.8) is 0 Å². The van der Waals surface area contributed by atoms with E-state index in [4.69, 9.17) is 0 Å². The molecule has 1 nitrogen and oxygen atoms in total. The van der Waals surface area contributed by atoms with Crippen molar-refractivity contribution in [2.24, 2.45) is 0 Å². The van der Waals surface area contributed by atoms with E-state index < -0.39 is 0 Å². The normalized spacial score (nSPS) is 11.8. The second-order valence-corrected chi connectivity index (χ2v) is 7.78. The molecule has 25 heavy (non-hydrogen) atoms. The summed E-state index contributed by atoms with van der Waals surface area (Å²) in [4.78, 5) is 2.65. The SMILES string of the molecule is CCCCCCCC/C=C\CCCCCCCCN(CCC)CCC. The molecule has 0 saturated carbocycles. The van der Waals surface area contributed by atoms with Gasteiger partial charge in [-0.15, -0.1) is 0 Å². The molecule has 0 atom stereocenters. The summed E-state index contributed by atoms with van der Waals surface area (Å²) in [5, 5.41) is 0. The lowest BCUT2D eigenvalue weighted by atomic mass is 10.1. The van der Waals surface area contributed by atoms with Crippen LogP contribution in [0.5, 0.6) is 0 Å². The zero-order chi connectivity index (χ0) is 18.4. The molecule has 150 valence electrons. The molecule has 0 aliphatic heterocycles. The largest absolute Gasteiger partial charge is 0.303 e. The maximum Gasteiger partial charge on any atom is -0.00187 e. The molecule has 0 aliphatic rings. The molecule has 0 amide bonds. The molecule has 0 radical (unpaired) electrons. The number of rotatable bonds is 20. The average Bonchev–Trinajstić information content (AvgIpc) is 2.61. The van der Waals surface area contributed by atoms with E-state index >= 15 is 0 Å². The Morgan fingerprint density at radius 2 is 0.880 bits per heavy atom. The van der Waals surface area contributed by atoms with Crippen LogP contribution in [0.3, 0.4) is 0 Å². The first kappa shape index (κ1) is 24.7. The maximum atomic E-state index is 2.65. The van der Waals surface area contributed by atoms with Crippen molar-refractivity contribution in [2.45, 2.75) is 124 Å². The number of nitrogens with zero attached hydrogens (tertiary/aromatic N) is 1. The van der Waals surface area contributed by atoms with Gasteiger partial charge >= 0.3 is 0 Å². The van der Waals surface area contributed by atoms with Crippen molar-refractivity contribution >= 4 is 0 Å². The summed E-state index contributed by atoms with van der Waals surface area (Å²) < 4.78 is 0. The molecule has 0 aromatic rings. The summed E-state index contributed by atoms with van der Waals surface area (Å²) >= 11 is 0. The van der Waals surface area contributed by atoms with Gasteiger partial charge in [-0.05, 0) is 64.6 Å².